The first-order valence-corrected chi connectivity index (χ1v) is 6.71. The number of carbonyl (C=O) groups excluding carboxylic acids is 1. The predicted octanol–water partition coefficient (Wildman–Crippen LogP) is 2.68. The SMILES string of the molecule is Cc1ccc(C(=O)NC2CCCCC2O)cc1Cl. The summed E-state index contributed by atoms with van der Waals surface area (Å²) in [5, 5.41) is 13.3. The van der Waals surface area contributed by atoms with E-state index in [4.69, 9.17) is 11.6 Å². The van der Waals surface area contributed by atoms with E-state index in [9.17, 15) is 9.90 Å². The molecule has 2 unspecified atom stereocenters. The summed E-state index contributed by atoms with van der Waals surface area (Å²) in [7, 11) is 0. The van der Waals surface area contributed by atoms with E-state index in [1.54, 1.807) is 12.1 Å². The lowest BCUT2D eigenvalue weighted by Crippen LogP contribution is -2.45. The minimum atomic E-state index is -0.427. The Morgan fingerprint density at radius 1 is 1.39 bits per heavy atom. The summed E-state index contributed by atoms with van der Waals surface area (Å²) in [4.78, 5) is 12.0. The molecule has 1 aliphatic rings. The molecule has 1 fully saturated rings. The van der Waals surface area contributed by atoms with Crippen molar-refractivity contribution >= 4 is 17.5 Å². The van der Waals surface area contributed by atoms with E-state index >= 15 is 0 Å². The van der Waals surface area contributed by atoms with Gasteiger partial charge in [-0.05, 0) is 37.5 Å². The zero-order valence-corrected chi connectivity index (χ0v) is 11.2. The van der Waals surface area contributed by atoms with Crippen LogP contribution in [0.15, 0.2) is 18.2 Å². The first-order valence-electron chi connectivity index (χ1n) is 6.33. The molecule has 1 aromatic rings. The van der Waals surface area contributed by atoms with E-state index in [0.717, 1.165) is 31.2 Å². The highest BCUT2D eigenvalue weighted by Crippen LogP contribution is 2.20. The highest BCUT2D eigenvalue weighted by molar-refractivity contribution is 6.31. The van der Waals surface area contributed by atoms with Crippen LogP contribution < -0.4 is 5.32 Å². The van der Waals surface area contributed by atoms with Gasteiger partial charge in [-0.2, -0.15) is 0 Å². The Bertz CT molecular complexity index is 447. The summed E-state index contributed by atoms with van der Waals surface area (Å²) >= 11 is 6.00. The van der Waals surface area contributed by atoms with Crippen LogP contribution >= 0.6 is 11.6 Å². The third-order valence-corrected chi connectivity index (χ3v) is 3.89. The molecule has 0 heterocycles. The van der Waals surface area contributed by atoms with Crippen molar-refractivity contribution in [2.24, 2.45) is 0 Å². The van der Waals surface area contributed by atoms with E-state index in [1.807, 2.05) is 13.0 Å². The Labute approximate surface area is 112 Å². The van der Waals surface area contributed by atoms with Gasteiger partial charge in [0.15, 0.2) is 0 Å². The number of aryl methyl sites for hydroxylation is 1. The third kappa shape index (κ3) is 3.03. The number of amides is 1. The molecule has 18 heavy (non-hydrogen) atoms. The molecule has 0 spiro atoms. The van der Waals surface area contributed by atoms with Gasteiger partial charge < -0.3 is 10.4 Å². The number of rotatable bonds is 2. The topological polar surface area (TPSA) is 49.3 Å². The van der Waals surface area contributed by atoms with E-state index < -0.39 is 6.10 Å². The van der Waals surface area contributed by atoms with Crippen LogP contribution in [0.3, 0.4) is 0 Å². The number of hydrogen-bond donors (Lipinski definition) is 2. The van der Waals surface area contributed by atoms with Gasteiger partial charge in [0.2, 0.25) is 0 Å². The number of hydrogen-bond acceptors (Lipinski definition) is 2. The smallest absolute Gasteiger partial charge is 0.251 e. The highest BCUT2D eigenvalue weighted by Gasteiger charge is 2.24. The monoisotopic (exact) mass is 267 g/mol. The fraction of sp³-hybridized carbons (Fsp3) is 0.500. The summed E-state index contributed by atoms with van der Waals surface area (Å²) in [5.74, 6) is -0.164. The van der Waals surface area contributed by atoms with Gasteiger partial charge in [-0.25, -0.2) is 0 Å². The summed E-state index contributed by atoms with van der Waals surface area (Å²) in [6.07, 6.45) is 3.26. The predicted molar refractivity (Wildman–Crippen MR) is 71.9 cm³/mol. The quantitative estimate of drug-likeness (QED) is 0.866. The average Bonchev–Trinajstić information content (AvgIpc) is 2.35. The van der Waals surface area contributed by atoms with Gasteiger partial charge in [-0.15, -0.1) is 0 Å². The van der Waals surface area contributed by atoms with Crippen molar-refractivity contribution in [3.8, 4) is 0 Å². The number of aliphatic hydroxyl groups is 1. The molecule has 0 bridgehead atoms. The molecule has 2 rings (SSSR count). The lowest BCUT2D eigenvalue weighted by molar-refractivity contribution is 0.0717. The molecule has 4 heteroatoms. The third-order valence-electron chi connectivity index (χ3n) is 3.48. The zero-order chi connectivity index (χ0) is 13.1. The fourth-order valence-electron chi connectivity index (χ4n) is 2.27. The zero-order valence-electron chi connectivity index (χ0n) is 10.4. The van der Waals surface area contributed by atoms with Gasteiger partial charge >= 0.3 is 0 Å². The lowest BCUT2D eigenvalue weighted by Gasteiger charge is -2.28. The Morgan fingerprint density at radius 2 is 2.11 bits per heavy atom. The van der Waals surface area contributed by atoms with Gasteiger partial charge in [0, 0.05) is 10.6 Å². The normalized spacial score (nSPS) is 23.7. The molecule has 98 valence electrons. The first kappa shape index (κ1) is 13.4. The molecular weight excluding hydrogens is 250 g/mol. The van der Waals surface area contributed by atoms with E-state index in [0.29, 0.717) is 10.6 Å². The van der Waals surface area contributed by atoms with Crippen LogP contribution in [0.4, 0.5) is 0 Å². The molecule has 1 aromatic carbocycles. The first-order chi connectivity index (χ1) is 8.58. The minimum Gasteiger partial charge on any atom is -0.391 e. The molecule has 1 amide bonds. The summed E-state index contributed by atoms with van der Waals surface area (Å²) in [5.41, 5.74) is 1.49. The van der Waals surface area contributed by atoms with Crippen LogP contribution in [-0.4, -0.2) is 23.2 Å². The average molecular weight is 268 g/mol. The van der Waals surface area contributed by atoms with Crippen LogP contribution in [0.5, 0.6) is 0 Å². The molecule has 1 saturated carbocycles. The van der Waals surface area contributed by atoms with Crippen LogP contribution in [0.25, 0.3) is 0 Å². The number of aliphatic hydroxyl groups excluding tert-OH is 1. The minimum absolute atomic E-state index is 0.133. The van der Waals surface area contributed by atoms with Crippen molar-refractivity contribution in [3.05, 3.63) is 34.3 Å². The molecule has 3 nitrogen and oxygen atoms in total. The van der Waals surface area contributed by atoms with Gasteiger partial charge in [0.05, 0.1) is 12.1 Å². The van der Waals surface area contributed by atoms with E-state index in [1.165, 1.54) is 0 Å². The fourth-order valence-corrected chi connectivity index (χ4v) is 2.45. The van der Waals surface area contributed by atoms with Gasteiger partial charge in [0.1, 0.15) is 0 Å². The molecule has 1 aliphatic carbocycles. The second-order valence-corrected chi connectivity index (χ2v) is 5.30. The number of benzene rings is 1. The Hall–Kier alpha value is -1.06. The molecule has 0 saturated heterocycles. The van der Waals surface area contributed by atoms with E-state index in [-0.39, 0.29) is 11.9 Å². The van der Waals surface area contributed by atoms with Crippen LogP contribution in [0.1, 0.15) is 41.6 Å². The van der Waals surface area contributed by atoms with E-state index in [2.05, 4.69) is 5.32 Å². The molecule has 0 aromatic heterocycles. The second-order valence-electron chi connectivity index (χ2n) is 4.90. The summed E-state index contributed by atoms with van der Waals surface area (Å²) in [6.45, 7) is 1.90. The van der Waals surface area contributed by atoms with Crippen LogP contribution in [-0.2, 0) is 0 Å². The molecular formula is C14H18ClNO2. The Morgan fingerprint density at radius 3 is 2.78 bits per heavy atom. The summed E-state index contributed by atoms with van der Waals surface area (Å²) in [6, 6.07) is 5.12. The van der Waals surface area contributed by atoms with Crippen molar-refractivity contribution in [1.29, 1.82) is 0 Å². The number of halogens is 1. The molecule has 0 aliphatic heterocycles. The van der Waals surface area contributed by atoms with Crippen LogP contribution in [0, 0.1) is 6.92 Å². The highest BCUT2D eigenvalue weighted by atomic mass is 35.5. The van der Waals surface area contributed by atoms with Crippen molar-refractivity contribution in [2.75, 3.05) is 0 Å². The number of carbonyl (C=O) groups is 1. The van der Waals surface area contributed by atoms with Crippen molar-refractivity contribution in [3.63, 3.8) is 0 Å². The van der Waals surface area contributed by atoms with Gasteiger partial charge in [0.25, 0.3) is 5.91 Å². The second kappa shape index (κ2) is 5.72. The van der Waals surface area contributed by atoms with Crippen molar-refractivity contribution in [1.82, 2.24) is 5.32 Å². The Kier molecular flexibility index (Phi) is 4.25. The molecule has 0 radical (unpaired) electrons. The standard InChI is InChI=1S/C14H18ClNO2/c1-9-6-7-10(8-11(9)15)14(18)16-12-4-2-3-5-13(12)17/h6-8,12-13,17H,2-5H2,1H3,(H,16,18). The van der Waals surface area contributed by atoms with Gasteiger partial charge in [-0.1, -0.05) is 30.5 Å². The maximum Gasteiger partial charge on any atom is 0.251 e. The van der Waals surface area contributed by atoms with Crippen LogP contribution in [0.2, 0.25) is 5.02 Å². The van der Waals surface area contributed by atoms with Crippen molar-refractivity contribution < 1.29 is 9.90 Å². The largest absolute Gasteiger partial charge is 0.391 e. The van der Waals surface area contributed by atoms with Gasteiger partial charge in [-0.3, -0.25) is 4.79 Å². The lowest BCUT2D eigenvalue weighted by atomic mass is 9.92. The maximum absolute atomic E-state index is 12.0. The Balaban J connectivity index is 2.04. The summed E-state index contributed by atoms with van der Waals surface area (Å²) < 4.78 is 0. The van der Waals surface area contributed by atoms with Crippen molar-refractivity contribution in [2.45, 2.75) is 44.8 Å². The maximum atomic E-state index is 12.0. The molecule has 2 N–H and O–H groups in total. The number of nitrogens with one attached hydrogen (secondary N) is 1. The molecule has 2 atom stereocenters.